The monoisotopic (exact) mass is 193 g/mol. The van der Waals surface area contributed by atoms with E-state index in [9.17, 15) is 0 Å². The van der Waals surface area contributed by atoms with Gasteiger partial charge in [0.05, 0.1) is 19.0 Å². The van der Waals surface area contributed by atoms with Gasteiger partial charge in [-0.2, -0.15) is 0 Å². The molecule has 2 rings (SSSR count). The van der Waals surface area contributed by atoms with Crippen LogP contribution in [0.25, 0.3) is 0 Å². The highest BCUT2D eigenvalue weighted by Gasteiger charge is 2.14. The van der Waals surface area contributed by atoms with E-state index in [1.165, 1.54) is 6.42 Å². The Morgan fingerprint density at radius 3 is 2.93 bits per heavy atom. The van der Waals surface area contributed by atoms with E-state index in [4.69, 9.17) is 4.74 Å². The summed E-state index contributed by atoms with van der Waals surface area (Å²) in [7, 11) is 0. The third kappa shape index (κ3) is 2.42. The summed E-state index contributed by atoms with van der Waals surface area (Å²) in [5.74, 6) is 2.18. The number of aryl methyl sites for hydroxylation is 1. The van der Waals surface area contributed by atoms with Gasteiger partial charge in [-0.3, -0.25) is 0 Å². The fourth-order valence-electron chi connectivity index (χ4n) is 1.53. The zero-order chi connectivity index (χ0) is 9.80. The molecule has 1 aliphatic heterocycles. The van der Waals surface area contributed by atoms with Crippen molar-refractivity contribution in [3.05, 3.63) is 18.2 Å². The Balaban J connectivity index is 1.82. The van der Waals surface area contributed by atoms with Crippen LogP contribution in [-0.4, -0.2) is 29.7 Å². The Kier molecular flexibility index (Phi) is 2.93. The highest BCUT2D eigenvalue weighted by atomic mass is 16.5. The second-order valence-corrected chi connectivity index (χ2v) is 3.64. The van der Waals surface area contributed by atoms with Crippen LogP contribution in [0.3, 0.4) is 0 Å². The van der Waals surface area contributed by atoms with Crippen molar-refractivity contribution in [2.75, 3.05) is 19.7 Å². The van der Waals surface area contributed by atoms with Gasteiger partial charge in [0.25, 0.3) is 0 Å². The van der Waals surface area contributed by atoms with E-state index in [1.54, 1.807) is 12.4 Å². The van der Waals surface area contributed by atoms with Gasteiger partial charge in [0.2, 0.25) is 0 Å². The molecule has 0 aromatic carbocycles. The van der Waals surface area contributed by atoms with E-state index in [0.29, 0.717) is 5.92 Å². The zero-order valence-electron chi connectivity index (χ0n) is 8.36. The molecule has 4 heteroatoms. The number of hydrogen-bond acceptors (Lipinski definition) is 4. The second kappa shape index (κ2) is 4.37. The fourth-order valence-corrected chi connectivity index (χ4v) is 1.53. The maximum atomic E-state index is 5.58. The standard InChI is InChI=1S/C10H15N3O/c1-8-12-5-10(6-13-8)14-7-9-2-3-11-4-9/h5-6,9,11H,2-4,7H2,1H3. The normalized spacial score (nSPS) is 21.1. The highest BCUT2D eigenvalue weighted by molar-refractivity contribution is 5.11. The molecule has 1 aliphatic rings. The molecule has 1 unspecified atom stereocenters. The van der Waals surface area contributed by atoms with E-state index in [1.807, 2.05) is 6.92 Å². The molecule has 14 heavy (non-hydrogen) atoms. The van der Waals surface area contributed by atoms with Crippen molar-refractivity contribution in [1.29, 1.82) is 0 Å². The van der Waals surface area contributed by atoms with Gasteiger partial charge < -0.3 is 10.1 Å². The topological polar surface area (TPSA) is 47.0 Å². The number of ether oxygens (including phenoxy) is 1. The molecule has 1 N–H and O–H groups in total. The van der Waals surface area contributed by atoms with Crippen molar-refractivity contribution in [3.8, 4) is 5.75 Å². The van der Waals surface area contributed by atoms with Gasteiger partial charge in [-0.15, -0.1) is 0 Å². The molecular weight excluding hydrogens is 178 g/mol. The lowest BCUT2D eigenvalue weighted by molar-refractivity contribution is 0.258. The lowest BCUT2D eigenvalue weighted by Crippen LogP contribution is -2.15. The summed E-state index contributed by atoms with van der Waals surface area (Å²) >= 11 is 0. The highest BCUT2D eigenvalue weighted by Crippen LogP contribution is 2.11. The number of nitrogens with zero attached hydrogens (tertiary/aromatic N) is 2. The minimum atomic E-state index is 0.635. The van der Waals surface area contributed by atoms with Crippen molar-refractivity contribution in [3.63, 3.8) is 0 Å². The average Bonchev–Trinajstić information content (AvgIpc) is 2.70. The second-order valence-electron chi connectivity index (χ2n) is 3.64. The van der Waals surface area contributed by atoms with Gasteiger partial charge >= 0.3 is 0 Å². The van der Waals surface area contributed by atoms with Crippen LogP contribution >= 0.6 is 0 Å². The summed E-state index contributed by atoms with van der Waals surface area (Å²) in [4.78, 5) is 8.15. The van der Waals surface area contributed by atoms with E-state index >= 15 is 0 Å². The van der Waals surface area contributed by atoms with Crippen LogP contribution in [0.1, 0.15) is 12.2 Å². The first-order chi connectivity index (χ1) is 6.84. The van der Waals surface area contributed by atoms with Gasteiger partial charge in [-0.05, 0) is 19.9 Å². The number of rotatable bonds is 3. The number of nitrogens with one attached hydrogen (secondary N) is 1. The van der Waals surface area contributed by atoms with Crippen LogP contribution < -0.4 is 10.1 Å². The lowest BCUT2D eigenvalue weighted by Gasteiger charge is -2.09. The van der Waals surface area contributed by atoms with Gasteiger partial charge in [-0.25, -0.2) is 9.97 Å². The summed E-state index contributed by atoms with van der Waals surface area (Å²) in [5.41, 5.74) is 0. The summed E-state index contributed by atoms with van der Waals surface area (Å²) in [5, 5.41) is 3.31. The smallest absolute Gasteiger partial charge is 0.155 e. The maximum absolute atomic E-state index is 5.58. The van der Waals surface area contributed by atoms with E-state index in [2.05, 4.69) is 15.3 Å². The molecule has 4 nitrogen and oxygen atoms in total. The van der Waals surface area contributed by atoms with Crippen molar-refractivity contribution in [1.82, 2.24) is 15.3 Å². The molecule has 0 bridgehead atoms. The molecule has 0 spiro atoms. The fraction of sp³-hybridized carbons (Fsp3) is 0.600. The molecule has 1 saturated heterocycles. The summed E-state index contributed by atoms with van der Waals surface area (Å²) in [6.07, 6.45) is 4.65. The van der Waals surface area contributed by atoms with Crippen LogP contribution in [0.15, 0.2) is 12.4 Å². The first-order valence-electron chi connectivity index (χ1n) is 4.97. The Hall–Kier alpha value is -1.16. The summed E-state index contributed by atoms with van der Waals surface area (Å²) in [6.45, 7) is 4.80. The number of hydrogen-bond donors (Lipinski definition) is 1. The van der Waals surface area contributed by atoms with Crippen molar-refractivity contribution in [2.45, 2.75) is 13.3 Å². The first kappa shape index (κ1) is 9.40. The van der Waals surface area contributed by atoms with E-state index < -0.39 is 0 Å². The Morgan fingerprint density at radius 2 is 2.29 bits per heavy atom. The van der Waals surface area contributed by atoms with Crippen LogP contribution in [-0.2, 0) is 0 Å². The molecule has 1 fully saturated rings. The molecule has 76 valence electrons. The zero-order valence-corrected chi connectivity index (χ0v) is 8.36. The van der Waals surface area contributed by atoms with E-state index in [-0.39, 0.29) is 0 Å². The SMILES string of the molecule is Cc1ncc(OCC2CCNC2)cn1. The third-order valence-electron chi connectivity index (χ3n) is 2.41. The lowest BCUT2D eigenvalue weighted by atomic mass is 10.1. The van der Waals surface area contributed by atoms with Crippen LogP contribution in [0.5, 0.6) is 5.75 Å². The molecule has 1 aromatic heterocycles. The Morgan fingerprint density at radius 1 is 1.50 bits per heavy atom. The largest absolute Gasteiger partial charge is 0.490 e. The van der Waals surface area contributed by atoms with Gasteiger partial charge in [-0.1, -0.05) is 0 Å². The molecule has 0 radical (unpaired) electrons. The predicted octanol–water partition coefficient (Wildman–Crippen LogP) is 0.773. The first-order valence-corrected chi connectivity index (χ1v) is 4.97. The quantitative estimate of drug-likeness (QED) is 0.770. The number of aromatic nitrogens is 2. The minimum absolute atomic E-state index is 0.635. The average molecular weight is 193 g/mol. The molecule has 0 amide bonds. The van der Waals surface area contributed by atoms with Crippen molar-refractivity contribution >= 4 is 0 Å². The van der Waals surface area contributed by atoms with Gasteiger partial charge in [0.1, 0.15) is 5.82 Å². The molecule has 1 aromatic rings. The predicted molar refractivity (Wildman–Crippen MR) is 53.2 cm³/mol. The molecule has 0 aliphatic carbocycles. The summed E-state index contributed by atoms with van der Waals surface area (Å²) in [6, 6.07) is 0. The van der Waals surface area contributed by atoms with E-state index in [0.717, 1.165) is 31.3 Å². The Bertz CT molecular complexity index is 280. The van der Waals surface area contributed by atoms with Crippen LogP contribution in [0.2, 0.25) is 0 Å². The van der Waals surface area contributed by atoms with Crippen LogP contribution in [0.4, 0.5) is 0 Å². The van der Waals surface area contributed by atoms with Crippen molar-refractivity contribution < 1.29 is 4.74 Å². The van der Waals surface area contributed by atoms with Crippen LogP contribution in [0, 0.1) is 12.8 Å². The Labute approximate surface area is 83.7 Å². The van der Waals surface area contributed by atoms with Crippen molar-refractivity contribution in [2.24, 2.45) is 5.92 Å². The molecular formula is C10H15N3O. The minimum Gasteiger partial charge on any atom is -0.490 e. The third-order valence-corrected chi connectivity index (χ3v) is 2.41. The molecule has 2 heterocycles. The molecule has 1 atom stereocenters. The van der Waals surface area contributed by atoms with Gasteiger partial charge in [0, 0.05) is 12.5 Å². The van der Waals surface area contributed by atoms with Gasteiger partial charge in [0.15, 0.2) is 5.75 Å². The maximum Gasteiger partial charge on any atom is 0.155 e. The molecule has 0 saturated carbocycles. The summed E-state index contributed by atoms with van der Waals surface area (Å²) < 4.78 is 5.58.